The summed E-state index contributed by atoms with van der Waals surface area (Å²) in [7, 11) is 0. The number of benzene rings is 2. The summed E-state index contributed by atoms with van der Waals surface area (Å²) in [6, 6.07) is 17.8. The minimum atomic E-state index is 0. The second-order valence-corrected chi connectivity index (χ2v) is 5.60. The second-order valence-electron chi connectivity index (χ2n) is 4.57. The van der Waals surface area contributed by atoms with E-state index >= 15 is 0 Å². The molecule has 0 spiro atoms. The van der Waals surface area contributed by atoms with E-state index in [-0.39, 0.29) is 12.4 Å². The molecule has 0 radical (unpaired) electrons. The maximum absolute atomic E-state index is 5.83. The number of anilines is 2. The lowest BCUT2D eigenvalue weighted by atomic mass is 10.2. The summed E-state index contributed by atoms with van der Waals surface area (Å²) >= 11 is 1.38. The highest BCUT2D eigenvalue weighted by Gasteiger charge is 2.08. The Morgan fingerprint density at radius 2 is 1.64 bits per heavy atom. The summed E-state index contributed by atoms with van der Waals surface area (Å²) < 4.78 is 5.75. The molecule has 6 heteroatoms. The number of hydrogen-bond acceptors (Lipinski definition) is 5. The summed E-state index contributed by atoms with van der Waals surface area (Å²) in [6.45, 7) is 0.551. The van der Waals surface area contributed by atoms with Crippen LogP contribution < -0.4 is 16.2 Å². The predicted octanol–water partition coefficient (Wildman–Crippen LogP) is 3.98. The number of aromatic nitrogens is 1. The molecule has 4 N–H and O–H groups in total. The number of nitrogen functional groups attached to an aromatic ring is 2. The summed E-state index contributed by atoms with van der Waals surface area (Å²) in [5, 5.41) is 0.479. The Hall–Kier alpha value is -2.24. The lowest BCUT2D eigenvalue weighted by Gasteiger charge is -2.07. The van der Waals surface area contributed by atoms with E-state index in [0.717, 1.165) is 21.8 Å². The Balaban J connectivity index is 0.00000176. The van der Waals surface area contributed by atoms with Gasteiger partial charge in [0.1, 0.15) is 18.2 Å². The lowest BCUT2D eigenvalue weighted by molar-refractivity contribution is 0.306. The van der Waals surface area contributed by atoms with E-state index in [4.69, 9.17) is 16.2 Å². The average Bonchev–Trinajstić information content (AvgIpc) is 2.85. The van der Waals surface area contributed by atoms with Crippen LogP contribution in [0.5, 0.6) is 5.75 Å². The van der Waals surface area contributed by atoms with E-state index in [1.165, 1.54) is 11.3 Å². The third-order valence-corrected chi connectivity index (χ3v) is 3.98. The van der Waals surface area contributed by atoms with Crippen LogP contribution in [-0.4, -0.2) is 4.98 Å². The zero-order valence-corrected chi connectivity index (χ0v) is 13.4. The molecule has 2 aromatic carbocycles. The van der Waals surface area contributed by atoms with E-state index in [2.05, 4.69) is 4.98 Å². The van der Waals surface area contributed by atoms with Gasteiger partial charge in [-0.15, -0.1) is 12.4 Å². The maximum Gasteiger partial charge on any atom is 0.182 e. The molecule has 114 valence electrons. The Labute approximate surface area is 139 Å². The van der Waals surface area contributed by atoms with Gasteiger partial charge in [-0.05, 0) is 35.4 Å². The molecule has 0 aliphatic carbocycles. The number of rotatable bonds is 4. The molecule has 0 fully saturated rings. The van der Waals surface area contributed by atoms with Gasteiger partial charge in [-0.2, -0.15) is 0 Å². The molecular weight excluding hydrogens is 318 g/mol. The van der Waals surface area contributed by atoms with Crippen molar-refractivity contribution in [3.63, 3.8) is 0 Å². The van der Waals surface area contributed by atoms with Crippen LogP contribution in [0.4, 0.5) is 10.9 Å². The van der Waals surface area contributed by atoms with Crippen LogP contribution >= 0.6 is 23.7 Å². The standard InChI is InChI=1S/C16H15N3OS.ClH/c17-15-14(21-16(18)19-15)12-6-8-13(9-7-12)20-10-11-4-2-1-3-5-11;/h1-9H,10,17H2,(H2,18,19);1H. The molecular formula is C16H16ClN3OS. The van der Waals surface area contributed by atoms with Crippen molar-refractivity contribution in [2.45, 2.75) is 6.61 Å². The van der Waals surface area contributed by atoms with Gasteiger partial charge < -0.3 is 16.2 Å². The highest BCUT2D eigenvalue weighted by atomic mass is 35.5. The van der Waals surface area contributed by atoms with Gasteiger partial charge in [-0.25, -0.2) is 4.98 Å². The fourth-order valence-electron chi connectivity index (χ4n) is 2.00. The van der Waals surface area contributed by atoms with Crippen molar-refractivity contribution in [1.29, 1.82) is 0 Å². The van der Waals surface area contributed by atoms with Gasteiger partial charge in [0.2, 0.25) is 0 Å². The van der Waals surface area contributed by atoms with E-state index in [0.29, 0.717) is 17.6 Å². The van der Waals surface area contributed by atoms with Crippen molar-refractivity contribution < 1.29 is 4.74 Å². The lowest BCUT2D eigenvalue weighted by Crippen LogP contribution is -1.94. The van der Waals surface area contributed by atoms with Crippen molar-refractivity contribution in [3.05, 3.63) is 60.2 Å². The van der Waals surface area contributed by atoms with Crippen LogP contribution in [0.3, 0.4) is 0 Å². The molecule has 3 rings (SSSR count). The number of halogens is 1. The minimum absolute atomic E-state index is 0. The van der Waals surface area contributed by atoms with Crippen LogP contribution in [0.15, 0.2) is 54.6 Å². The molecule has 1 aromatic heterocycles. The van der Waals surface area contributed by atoms with Crippen molar-refractivity contribution in [2.24, 2.45) is 0 Å². The van der Waals surface area contributed by atoms with E-state index in [9.17, 15) is 0 Å². The number of nitrogens with two attached hydrogens (primary N) is 2. The van der Waals surface area contributed by atoms with Crippen molar-refractivity contribution >= 4 is 34.7 Å². The molecule has 0 bridgehead atoms. The van der Waals surface area contributed by atoms with Crippen LogP contribution in [0, 0.1) is 0 Å². The molecule has 0 aliphatic heterocycles. The van der Waals surface area contributed by atoms with E-state index in [1.54, 1.807) is 0 Å². The molecule has 22 heavy (non-hydrogen) atoms. The van der Waals surface area contributed by atoms with Crippen molar-refractivity contribution in [2.75, 3.05) is 11.5 Å². The number of ether oxygens (including phenoxy) is 1. The van der Waals surface area contributed by atoms with Gasteiger partial charge >= 0.3 is 0 Å². The SMILES string of the molecule is Cl.Nc1nc(N)c(-c2ccc(OCc3ccccc3)cc2)s1. The first-order valence-electron chi connectivity index (χ1n) is 6.51. The van der Waals surface area contributed by atoms with Gasteiger partial charge in [0.25, 0.3) is 0 Å². The molecule has 0 unspecified atom stereocenters. The molecule has 0 amide bonds. The molecule has 4 nitrogen and oxygen atoms in total. The monoisotopic (exact) mass is 333 g/mol. The molecule has 0 saturated heterocycles. The molecule has 0 atom stereocenters. The smallest absolute Gasteiger partial charge is 0.182 e. The van der Waals surface area contributed by atoms with Gasteiger partial charge in [0, 0.05) is 0 Å². The Morgan fingerprint density at radius 3 is 2.23 bits per heavy atom. The van der Waals surface area contributed by atoms with Gasteiger partial charge in [0.05, 0.1) is 4.88 Å². The number of thiazole rings is 1. The quantitative estimate of drug-likeness (QED) is 0.757. The summed E-state index contributed by atoms with van der Waals surface area (Å²) in [5.41, 5.74) is 13.6. The third-order valence-electron chi connectivity index (χ3n) is 3.03. The van der Waals surface area contributed by atoms with E-state index in [1.807, 2.05) is 54.6 Å². The van der Waals surface area contributed by atoms with Gasteiger partial charge in [-0.3, -0.25) is 0 Å². The Kier molecular flexibility index (Phi) is 5.25. The van der Waals surface area contributed by atoms with E-state index < -0.39 is 0 Å². The normalized spacial score (nSPS) is 10.0. The zero-order chi connectivity index (χ0) is 14.7. The fourth-order valence-corrected chi connectivity index (χ4v) is 2.76. The van der Waals surface area contributed by atoms with Crippen LogP contribution in [0.25, 0.3) is 10.4 Å². The van der Waals surface area contributed by atoms with Crippen molar-refractivity contribution in [3.8, 4) is 16.2 Å². The topological polar surface area (TPSA) is 74.2 Å². The highest BCUT2D eigenvalue weighted by Crippen LogP contribution is 2.34. The fraction of sp³-hybridized carbons (Fsp3) is 0.0625. The van der Waals surface area contributed by atoms with Crippen molar-refractivity contribution in [1.82, 2.24) is 4.98 Å². The van der Waals surface area contributed by atoms with Gasteiger partial charge in [-0.1, -0.05) is 41.7 Å². The predicted molar refractivity (Wildman–Crippen MR) is 94.4 cm³/mol. The first-order chi connectivity index (χ1) is 10.2. The largest absolute Gasteiger partial charge is 0.489 e. The van der Waals surface area contributed by atoms with Gasteiger partial charge in [0.15, 0.2) is 5.13 Å². The zero-order valence-electron chi connectivity index (χ0n) is 11.7. The third kappa shape index (κ3) is 3.69. The first kappa shape index (κ1) is 16.1. The number of nitrogens with zero attached hydrogens (tertiary/aromatic N) is 1. The van der Waals surface area contributed by atoms with Crippen LogP contribution in [0.2, 0.25) is 0 Å². The summed E-state index contributed by atoms with van der Waals surface area (Å²) in [5.74, 6) is 1.29. The minimum Gasteiger partial charge on any atom is -0.489 e. The molecule has 3 aromatic rings. The maximum atomic E-state index is 5.83. The first-order valence-corrected chi connectivity index (χ1v) is 7.33. The number of hydrogen-bond donors (Lipinski definition) is 2. The summed E-state index contributed by atoms with van der Waals surface area (Å²) in [4.78, 5) is 4.92. The molecule has 1 heterocycles. The highest BCUT2D eigenvalue weighted by molar-refractivity contribution is 7.19. The van der Waals surface area contributed by atoms with Crippen LogP contribution in [-0.2, 0) is 6.61 Å². The second kappa shape index (κ2) is 7.15. The Bertz CT molecular complexity index is 729. The molecule has 0 aliphatic rings. The summed E-state index contributed by atoms with van der Waals surface area (Å²) in [6.07, 6.45) is 0. The molecule has 0 saturated carbocycles. The average molecular weight is 334 g/mol. The Morgan fingerprint density at radius 1 is 0.955 bits per heavy atom. The van der Waals surface area contributed by atoms with Crippen LogP contribution in [0.1, 0.15) is 5.56 Å².